The molecule has 9 nitrogen and oxygen atoms in total. The Bertz CT molecular complexity index is 1480. The highest BCUT2D eigenvalue weighted by atomic mass is 32.2. The molecule has 0 aromatic heterocycles. The monoisotopic (exact) mass is 597 g/mol. The summed E-state index contributed by atoms with van der Waals surface area (Å²) in [5, 5.41) is 2.90. The summed E-state index contributed by atoms with van der Waals surface area (Å²) in [6.45, 7) is 6.25. The molecular weight excluding hydrogens is 561 g/mol. The summed E-state index contributed by atoms with van der Waals surface area (Å²) in [7, 11) is -4.35. The van der Waals surface area contributed by atoms with E-state index in [9.17, 15) is 22.4 Å². The van der Waals surface area contributed by atoms with Gasteiger partial charge < -0.3 is 19.7 Å². The minimum Gasteiger partial charge on any atom is -0.486 e. The van der Waals surface area contributed by atoms with Crippen molar-refractivity contribution in [2.24, 2.45) is 5.92 Å². The fraction of sp³-hybridized carbons (Fsp3) is 0.355. The Morgan fingerprint density at radius 1 is 0.952 bits per heavy atom. The Balaban J connectivity index is 1.72. The van der Waals surface area contributed by atoms with E-state index in [2.05, 4.69) is 5.32 Å². The summed E-state index contributed by atoms with van der Waals surface area (Å²) in [5.41, 5.74) is 0.876. The van der Waals surface area contributed by atoms with Gasteiger partial charge in [0, 0.05) is 19.2 Å². The highest BCUT2D eigenvalue weighted by Gasteiger charge is 2.34. The third-order valence-corrected chi connectivity index (χ3v) is 8.53. The van der Waals surface area contributed by atoms with Crippen LogP contribution >= 0.6 is 0 Å². The first-order valence-electron chi connectivity index (χ1n) is 13.9. The fourth-order valence-corrected chi connectivity index (χ4v) is 6.00. The summed E-state index contributed by atoms with van der Waals surface area (Å²) < 4.78 is 54.0. The van der Waals surface area contributed by atoms with Crippen molar-refractivity contribution in [1.82, 2.24) is 10.2 Å². The number of carbonyl (C=O) groups excluding carboxylic acids is 2. The zero-order valence-electron chi connectivity index (χ0n) is 24.0. The summed E-state index contributed by atoms with van der Waals surface area (Å²) in [5.74, 6) is -0.576. The molecule has 0 saturated heterocycles. The second kappa shape index (κ2) is 13.7. The smallest absolute Gasteiger partial charge is 0.264 e. The van der Waals surface area contributed by atoms with Gasteiger partial charge in [0.1, 0.15) is 31.6 Å². The maximum Gasteiger partial charge on any atom is 0.264 e. The van der Waals surface area contributed by atoms with Crippen LogP contribution in [0.25, 0.3) is 0 Å². The molecule has 0 saturated carbocycles. The van der Waals surface area contributed by atoms with Gasteiger partial charge >= 0.3 is 0 Å². The fourth-order valence-electron chi connectivity index (χ4n) is 4.57. The molecule has 0 bridgehead atoms. The number of ether oxygens (including phenoxy) is 2. The van der Waals surface area contributed by atoms with Crippen molar-refractivity contribution in [3.8, 4) is 11.5 Å². The molecule has 11 heteroatoms. The van der Waals surface area contributed by atoms with Crippen molar-refractivity contribution in [3.63, 3.8) is 0 Å². The molecule has 0 radical (unpaired) electrons. The Hall–Kier alpha value is -4.12. The van der Waals surface area contributed by atoms with Gasteiger partial charge in [0.25, 0.3) is 10.0 Å². The van der Waals surface area contributed by atoms with E-state index in [1.165, 1.54) is 35.2 Å². The number of benzene rings is 3. The highest BCUT2D eigenvalue weighted by Crippen LogP contribution is 2.34. The van der Waals surface area contributed by atoms with Gasteiger partial charge in [0.15, 0.2) is 11.5 Å². The molecule has 1 N–H and O–H groups in total. The van der Waals surface area contributed by atoms with Crippen LogP contribution in [0.1, 0.15) is 32.8 Å². The molecule has 1 aliphatic heterocycles. The highest BCUT2D eigenvalue weighted by molar-refractivity contribution is 7.92. The number of nitrogens with zero attached hydrogens (tertiary/aromatic N) is 2. The lowest BCUT2D eigenvalue weighted by atomic mass is 10.1. The molecule has 1 atom stereocenters. The van der Waals surface area contributed by atoms with Crippen molar-refractivity contribution >= 4 is 27.5 Å². The van der Waals surface area contributed by atoms with E-state index in [0.29, 0.717) is 25.3 Å². The van der Waals surface area contributed by atoms with Gasteiger partial charge in [0.2, 0.25) is 11.8 Å². The lowest BCUT2D eigenvalue weighted by Gasteiger charge is -2.33. The molecule has 42 heavy (non-hydrogen) atoms. The molecule has 0 aliphatic carbocycles. The number of amides is 2. The average molecular weight is 598 g/mol. The van der Waals surface area contributed by atoms with Crippen LogP contribution in [-0.2, 0) is 26.2 Å². The summed E-state index contributed by atoms with van der Waals surface area (Å²) in [6, 6.07) is 17.4. The lowest BCUT2D eigenvalue weighted by molar-refractivity contribution is -0.140. The van der Waals surface area contributed by atoms with Crippen molar-refractivity contribution < 1.29 is 31.9 Å². The Morgan fingerprint density at radius 3 is 2.26 bits per heavy atom. The average Bonchev–Trinajstić information content (AvgIpc) is 2.99. The van der Waals surface area contributed by atoms with Crippen molar-refractivity contribution in [2.75, 3.05) is 30.6 Å². The normalized spacial score (nSPS) is 13.4. The molecular formula is C31H36FN3O6S. The predicted molar refractivity (Wildman–Crippen MR) is 157 cm³/mol. The second-order valence-electron chi connectivity index (χ2n) is 10.4. The van der Waals surface area contributed by atoms with Gasteiger partial charge in [-0.1, -0.05) is 51.1 Å². The first-order valence-corrected chi connectivity index (χ1v) is 15.3. The number of carbonyl (C=O) groups is 2. The molecule has 0 fully saturated rings. The molecule has 0 spiro atoms. The van der Waals surface area contributed by atoms with Gasteiger partial charge in [-0.2, -0.15) is 0 Å². The number of fused-ring (bicyclic) bond motifs is 1. The van der Waals surface area contributed by atoms with E-state index < -0.39 is 34.3 Å². The Labute approximate surface area is 246 Å². The lowest BCUT2D eigenvalue weighted by Crippen LogP contribution is -2.52. The Kier molecular flexibility index (Phi) is 10.1. The maximum atomic E-state index is 14.1. The van der Waals surface area contributed by atoms with Crippen molar-refractivity contribution in [2.45, 2.75) is 44.7 Å². The molecule has 4 rings (SSSR count). The molecule has 1 heterocycles. The van der Waals surface area contributed by atoms with Gasteiger partial charge in [-0.15, -0.1) is 0 Å². The SMILES string of the molecule is CC[C@@H](C(=O)NCC(C)C)N(Cc1ccccc1)C(=O)CN(c1ccc(F)cc1)S(=O)(=O)c1ccc2c(c1)OCCO2. The minimum absolute atomic E-state index is 0.0919. The summed E-state index contributed by atoms with van der Waals surface area (Å²) in [4.78, 5) is 28.6. The first kappa shape index (κ1) is 30.8. The van der Waals surface area contributed by atoms with Crippen LogP contribution in [0.3, 0.4) is 0 Å². The quantitative estimate of drug-likeness (QED) is 0.333. The maximum absolute atomic E-state index is 14.1. The van der Waals surface area contributed by atoms with E-state index in [-0.39, 0.29) is 41.3 Å². The van der Waals surface area contributed by atoms with Crippen molar-refractivity contribution in [1.29, 1.82) is 0 Å². The van der Waals surface area contributed by atoms with E-state index in [0.717, 1.165) is 22.0 Å². The third kappa shape index (κ3) is 7.39. The molecule has 224 valence electrons. The van der Waals surface area contributed by atoms with Crippen LogP contribution in [0.15, 0.2) is 77.7 Å². The molecule has 0 unspecified atom stereocenters. The molecule has 2 amide bonds. The van der Waals surface area contributed by atoms with Crippen LogP contribution in [-0.4, -0.2) is 57.5 Å². The molecule has 3 aromatic rings. The standard InChI is InChI=1S/C31H36FN3O6S/c1-4-27(31(37)33-19-22(2)3)34(20-23-8-6-5-7-9-23)30(36)21-35(25-12-10-24(32)11-13-25)42(38,39)26-14-15-28-29(18-26)41-17-16-40-28/h5-15,18,22,27H,4,16-17,19-21H2,1-3H3,(H,33,37)/t27-/m0/s1. The third-order valence-electron chi connectivity index (χ3n) is 6.76. The number of halogens is 1. The number of hydrogen-bond acceptors (Lipinski definition) is 6. The van der Waals surface area contributed by atoms with Crippen LogP contribution in [0.4, 0.5) is 10.1 Å². The van der Waals surface area contributed by atoms with Gasteiger partial charge in [-0.25, -0.2) is 12.8 Å². The zero-order valence-corrected chi connectivity index (χ0v) is 24.8. The van der Waals surface area contributed by atoms with Crippen LogP contribution in [0, 0.1) is 11.7 Å². The van der Waals surface area contributed by atoms with Gasteiger partial charge in [-0.05, 0) is 54.3 Å². The molecule has 1 aliphatic rings. The van der Waals surface area contributed by atoms with Crippen LogP contribution in [0.2, 0.25) is 0 Å². The second-order valence-corrected chi connectivity index (χ2v) is 12.2. The number of rotatable bonds is 12. The predicted octanol–water partition coefficient (Wildman–Crippen LogP) is 4.37. The Morgan fingerprint density at radius 2 is 1.62 bits per heavy atom. The van der Waals surface area contributed by atoms with Crippen LogP contribution < -0.4 is 19.1 Å². The van der Waals surface area contributed by atoms with Gasteiger partial charge in [-0.3, -0.25) is 13.9 Å². The largest absolute Gasteiger partial charge is 0.486 e. The molecule has 3 aromatic carbocycles. The van der Waals surface area contributed by atoms with E-state index in [1.54, 1.807) is 6.92 Å². The summed E-state index contributed by atoms with van der Waals surface area (Å²) >= 11 is 0. The zero-order chi connectivity index (χ0) is 30.3. The van der Waals surface area contributed by atoms with Crippen LogP contribution in [0.5, 0.6) is 11.5 Å². The minimum atomic E-state index is -4.35. The van der Waals surface area contributed by atoms with E-state index >= 15 is 0 Å². The topological polar surface area (TPSA) is 105 Å². The first-order chi connectivity index (χ1) is 20.1. The van der Waals surface area contributed by atoms with Crippen molar-refractivity contribution in [3.05, 3.63) is 84.2 Å². The number of nitrogens with one attached hydrogen (secondary N) is 1. The number of sulfonamides is 1. The number of anilines is 1. The number of hydrogen-bond donors (Lipinski definition) is 1. The van der Waals surface area contributed by atoms with Gasteiger partial charge in [0.05, 0.1) is 10.6 Å². The van der Waals surface area contributed by atoms with E-state index in [4.69, 9.17) is 9.47 Å². The van der Waals surface area contributed by atoms with E-state index in [1.807, 2.05) is 44.2 Å². The summed E-state index contributed by atoms with van der Waals surface area (Å²) in [6.07, 6.45) is 0.313.